The molecule has 0 saturated carbocycles. The normalized spacial score (nSPS) is 12.5. The maximum Gasteiger partial charge on any atom is 0.345 e. The summed E-state index contributed by atoms with van der Waals surface area (Å²) in [5, 5.41) is 28.3. The second kappa shape index (κ2) is 11.4. The molecule has 1 atom stereocenters. The Kier molecular flexibility index (Phi) is 7.70. The number of alkyl halides is 4. The zero-order valence-corrected chi connectivity index (χ0v) is 20.8. The minimum Gasteiger partial charge on any atom is -0.618 e. The molecule has 5 aromatic rings. The first-order valence-electron chi connectivity index (χ1n) is 11.4. The molecule has 0 bridgehead atoms. The van der Waals surface area contributed by atoms with Gasteiger partial charge in [-0.1, -0.05) is 16.8 Å². The fourth-order valence-corrected chi connectivity index (χ4v) is 4.31. The molecule has 1 aromatic carbocycles. The topological polar surface area (TPSA) is 115 Å². The van der Waals surface area contributed by atoms with Crippen molar-refractivity contribution in [3.8, 4) is 28.2 Å². The molecule has 0 aliphatic rings. The number of hydrogen-bond acceptors (Lipinski definition) is 7. The number of aromatic nitrogens is 9. The SMILES string of the molecule is [O-][n+]1cc(-c2c(-n3ccnn3)ccc(Cl)c2F)ccc1[C@H](CCOC(F)F)n1cc(-c2ncnn2C(F)F)cn1. The lowest BCUT2D eigenvalue weighted by Crippen LogP contribution is -2.36. The van der Waals surface area contributed by atoms with E-state index in [1.165, 1.54) is 58.4 Å². The number of benzene rings is 1. The monoisotopic (exact) mass is 581 g/mol. The Hall–Kier alpha value is -4.44. The lowest BCUT2D eigenvalue weighted by atomic mass is 10.0. The van der Waals surface area contributed by atoms with Gasteiger partial charge in [0.15, 0.2) is 17.8 Å². The molecule has 0 aliphatic heterocycles. The molecule has 11 nitrogen and oxygen atoms in total. The van der Waals surface area contributed by atoms with Gasteiger partial charge >= 0.3 is 13.2 Å². The van der Waals surface area contributed by atoms with Crippen molar-refractivity contribution in [3.05, 3.63) is 83.3 Å². The van der Waals surface area contributed by atoms with Crippen LogP contribution in [0.3, 0.4) is 0 Å². The second-order valence-electron chi connectivity index (χ2n) is 8.22. The van der Waals surface area contributed by atoms with Gasteiger partial charge in [0.2, 0.25) is 5.69 Å². The number of ether oxygens (including phenoxy) is 1. The van der Waals surface area contributed by atoms with Gasteiger partial charge < -0.3 is 9.94 Å². The number of nitrogens with zero attached hydrogens (tertiary/aromatic N) is 9. The molecule has 4 aromatic heterocycles. The van der Waals surface area contributed by atoms with Crippen LogP contribution in [0.4, 0.5) is 22.0 Å². The summed E-state index contributed by atoms with van der Waals surface area (Å²) in [5.74, 6) is -0.990. The highest BCUT2D eigenvalue weighted by atomic mass is 35.5. The van der Waals surface area contributed by atoms with E-state index in [2.05, 4.69) is 30.2 Å². The summed E-state index contributed by atoms with van der Waals surface area (Å²) < 4.78 is 74.8. The van der Waals surface area contributed by atoms with Gasteiger partial charge in [-0.25, -0.2) is 14.1 Å². The maximum absolute atomic E-state index is 15.2. The van der Waals surface area contributed by atoms with Gasteiger partial charge in [0.05, 0.1) is 52.6 Å². The summed E-state index contributed by atoms with van der Waals surface area (Å²) in [6.45, 7) is -6.49. The Bertz CT molecular complexity index is 1610. The molecule has 0 radical (unpaired) electrons. The van der Waals surface area contributed by atoms with Crippen LogP contribution in [-0.2, 0) is 4.74 Å². The molecule has 0 saturated heterocycles. The van der Waals surface area contributed by atoms with Crippen molar-refractivity contribution in [2.45, 2.75) is 25.6 Å². The summed E-state index contributed by atoms with van der Waals surface area (Å²) in [7, 11) is 0. The zero-order valence-electron chi connectivity index (χ0n) is 20.0. The van der Waals surface area contributed by atoms with Crippen molar-refractivity contribution in [1.82, 2.24) is 39.5 Å². The molecule has 17 heteroatoms. The smallest absolute Gasteiger partial charge is 0.345 e. The first-order valence-corrected chi connectivity index (χ1v) is 11.8. The lowest BCUT2D eigenvalue weighted by Gasteiger charge is -2.18. The van der Waals surface area contributed by atoms with Gasteiger partial charge in [-0.3, -0.25) is 4.68 Å². The van der Waals surface area contributed by atoms with Crippen LogP contribution >= 0.6 is 11.6 Å². The Morgan fingerprint density at radius 2 is 1.90 bits per heavy atom. The predicted octanol–water partition coefficient (Wildman–Crippen LogP) is 4.43. The molecule has 0 N–H and O–H groups in total. The lowest BCUT2D eigenvalue weighted by molar-refractivity contribution is -0.615. The molecular weight excluding hydrogens is 565 g/mol. The summed E-state index contributed by atoms with van der Waals surface area (Å²) >= 11 is 6.01. The van der Waals surface area contributed by atoms with E-state index in [0.717, 1.165) is 12.5 Å². The average Bonchev–Trinajstić information content (AvgIpc) is 3.70. The summed E-state index contributed by atoms with van der Waals surface area (Å²) in [6, 6.07) is 4.66. The summed E-state index contributed by atoms with van der Waals surface area (Å²) in [6.07, 6.45) is 7.30. The summed E-state index contributed by atoms with van der Waals surface area (Å²) in [4.78, 5) is 3.82. The summed E-state index contributed by atoms with van der Waals surface area (Å²) in [5.41, 5.74) is 0.535. The number of pyridine rings is 1. The van der Waals surface area contributed by atoms with Crippen LogP contribution in [0.1, 0.15) is 24.7 Å². The molecule has 0 unspecified atom stereocenters. The minimum absolute atomic E-state index is 0.0244. The number of hydrogen-bond donors (Lipinski definition) is 0. The first-order chi connectivity index (χ1) is 19.2. The van der Waals surface area contributed by atoms with E-state index in [0.29, 0.717) is 9.41 Å². The van der Waals surface area contributed by atoms with Crippen LogP contribution in [0.25, 0.3) is 28.2 Å². The third kappa shape index (κ3) is 5.35. The van der Waals surface area contributed by atoms with Crippen LogP contribution in [-0.4, -0.2) is 52.8 Å². The van der Waals surface area contributed by atoms with Crippen molar-refractivity contribution >= 4 is 11.6 Å². The highest BCUT2D eigenvalue weighted by molar-refractivity contribution is 6.31. The van der Waals surface area contributed by atoms with E-state index in [1.807, 2.05) is 0 Å². The Morgan fingerprint density at radius 3 is 2.60 bits per heavy atom. The van der Waals surface area contributed by atoms with Crippen molar-refractivity contribution in [3.63, 3.8) is 0 Å². The molecule has 0 fully saturated rings. The number of halogens is 6. The highest BCUT2D eigenvalue weighted by Gasteiger charge is 2.27. The van der Waals surface area contributed by atoms with Gasteiger partial charge in [-0.05, 0) is 18.2 Å². The minimum atomic E-state index is -3.05. The third-order valence-electron chi connectivity index (χ3n) is 5.89. The quantitative estimate of drug-likeness (QED) is 0.136. The van der Waals surface area contributed by atoms with Crippen LogP contribution in [0.5, 0.6) is 0 Å². The molecule has 40 heavy (non-hydrogen) atoms. The van der Waals surface area contributed by atoms with Crippen LogP contribution in [0.2, 0.25) is 5.02 Å². The standard InChI is InChI=1S/C23H17ClF5N9O2/c24-15-2-4-18(35-7-6-31-34-35)19(20(15)25)13-1-3-17(37(39)11-13)16(5-8-40-23(28)29)36-10-14(9-32-36)21-30-12-33-38(21)22(26)27/h1-4,6-7,9-12,16,22-23H,5,8H2/t16-/m0/s1. The first kappa shape index (κ1) is 27.1. The van der Waals surface area contributed by atoms with Crippen molar-refractivity contribution in [2.24, 2.45) is 0 Å². The zero-order chi connectivity index (χ0) is 28.4. The van der Waals surface area contributed by atoms with Gasteiger partial charge in [0.1, 0.15) is 12.4 Å². The van der Waals surface area contributed by atoms with E-state index in [4.69, 9.17) is 11.6 Å². The van der Waals surface area contributed by atoms with E-state index < -0.39 is 31.6 Å². The molecule has 0 aliphatic carbocycles. The highest BCUT2D eigenvalue weighted by Crippen LogP contribution is 2.34. The fraction of sp³-hybridized carbons (Fsp3) is 0.217. The van der Waals surface area contributed by atoms with Crippen LogP contribution in [0, 0.1) is 11.0 Å². The van der Waals surface area contributed by atoms with E-state index in [-0.39, 0.29) is 45.3 Å². The predicted molar refractivity (Wildman–Crippen MR) is 128 cm³/mol. The van der Waals surface area contributed by atoms with Crippen molar-refractivity contribution in [1.29, 1.82) is 0 Å². The maximum atomic E-state index is 15.2. The number of rotatable bonds is 10. The van der Waals surface area contributed by atoms with Crippen LogP contribution < -0.4 is 4.73 Å². The Labute approximate surface area is 226 Å². The van der Waals surface area contributed by atoms with Crippen molar-refractivity contribution in [2.75, 3.05) is 6.61 Å². The molecule has 0 amide bonds. The second-order valence-corrected chi connectivity index (χ2v) is 8.63. The van der Waals surface area contributed by atoms with Gasteiger partial charge in [-0.15, -0.1) is 5.10 Å². The Balaban J connectivity index is 1.54. The third-order valence-corrected chi connectivity index (χ3v) is 6.18. The van der Waals surface area contributed by atoms with E-state index in [9.17, 15) is 22.8 Å². The molecule has 208 valence electrons. The van der Waals surface area contributed by atoms with Gasteiger partial charge in [0.25, 0.3) is 0 Å². The van der Waals surface area contributed by atoms with Gasteiger partial charge in [0, 0.05) is 18.7 Å². The average molecular weight is 582 g/mol. The van der Waals surface area contributed by atoms with E-state index >= 15 is 4.39 Å². The van der Waals surface area contributed by atoms with Crippen LogP contribution in [0.15, 0.2) is 61.6 Å². The molecular formula is C23H17ClF5N9O2. The van der Waals surface area contributed by atoms with Crippen molar-refractivity contribution < 1.29 is 31.4 Å². The molecule has 5 rings (SSSR count). The molecule has 4 heterocycles. The fourth-order valence-electron chi connectivity index (χ4n) is 4.15. The Morgan fingerprint density at radius 1 is 1.07 bits per heavy atom. The molecule has 0 spiro atoms. The van der Waals surface area contributed by atoms with E-state index in [1.54, 1.807) is 0 Å². The largest absolute Gasteiger partial charge is 0.618 e. The van der Waals surface area contributed by atoms with Gasteiger partial charge in [-0.2, -0.15) is 37.2 Å².